The fraction of sp³-hybridized carbons (Fsp3) is 1.00. The molecule has 0 spiro atoms. The largest absolute Gasteiger partial charge is 0.330 e. The smallest absolute Gasteiger partial charge is 0.00671 e. The van der Waals surface area contributed by atoms with Gasteiger partial charge in [-0.2, -0.15) is 0 Å². The molecule has 0 radical (unpaired) electrons. The third kappa shape index (κ3) is 2.80. The highest BCUT2D eigenvalue weighted by atomic mass is 14.7. The summed E-state index contributed by atoms with van der Waals surface area (Å²) in [7, 11) is 0. The van der Waals surface area contributed by atoms with Gasteiger partial charge in [0, 0.05) is 6.04 Å². The van der Waals surface area contributed by atoms with E-state index in [0.29, 0.717) is 6.04 Å². The number of hydrogen-bond donors (Lipinski definition) is 2. The van der Waals surface area contributed by atoms with Crippen LogP contribution < -0.4 is 11.5 Å². The molecule has 0 amide bonds. The van der Waals surface area contributed by atoms with Gasteiger partial charge in [-0.25, -0.2) is 0 Å². The quantitative estimate of drug-likeness (QED) is 0.646. The van der Waals surface area contributed by atoms with E-state index >= 15 is 0 Å². The Hall–Kier alpha value is -0.0800. The highest BCUT2D eigenvalue weighted by Gasteiger charge is 2.20. The van der Waals surface area contributed by atoms with Gasteiger partial charge in [-0.1, -0.05) is 12.8 Å². The lowest BCUT2D eigenvalue weighted by Crippen LogP contribution is -2.33. The predicted octanol–water partition coefficient (Wildman–Crippen LogP) is 1.24. The maximum absolute atomic E-state index is 5.98. The lowest BCUT2D eigenvalue weighted by molar-refractivity contribution is 0.288. The van der Waals surface area contributed by atoms with Gasteiger partial charge in [-0.3, -0.25) is 0 Å². The Kier molecular flexibility index (Phi) is 3.87. The molecule has 1 fully saturated rings. The van der Waals surface area contributed by atoms with Crippen molar-refractivity contribution < 1.29 is 0 Å². The Bertz CT molecular complexity index is 104. The summed E-state index contributed by atoms with van der Waals surface area (Å²) < 4.78 is 0. The highest BCUT2D eigenvalue weighted by Crippen LogP contribution is 2.26. The van der Waals surface area contributed by atoms with Crippen LogP contribution in [0.5, 0.6) is 0 Å². The van der Waals surface area contributed by atoms with Crippen molar-refractivity contribution in [2.45, 2.75) is 44.6 Å². The first-order chi connectivity index (χ1) is 5.34. The van der Waals surface area contributed by atoms with Crippen molar-refractivity contribution in [3.05, 3.63) is 0 Å². The molecule has 11 heavy (non-hydrogen) atoms. The number of hydrogen-bond acceptors (Lipinski definition) is 2. The van der Waals surface area contributed by atoms with E-state index in [1.807, 2.05) is 0 Å². The third-order valence-corrected chi connectivity index (χ3v) is 2.75. The van der Waals surface area contributed by atoms with Crippen LogP contribution in [0.3, 0.4) is 0 Å². The van der Waals surface area contributed by atoms with E-state index in [-0.39, 0.29) is 0 Å². The molecule has 2 atom stereocenters. The highest BCUT2D eigenvalue weighted by molar-refractivity contribution is 4.77. The standard InChI is InChI=1S/C9H20N2/c10-7-3-5-8-4-1-2-6-9(8)11/h8-9H,1-7,10-11H2/t8-,9+/m0/s1. The van der Waals surface area contributed by atoms with E-state index in [9.17, 15) is 0 Å². The topological polar surface area (TPSA) is 52.0 Å². The van der Waals surface area contributed by atoms with Crippen LogP contribution in [0.4, 0.5) is 0 Å². The zero-order valence-corrected chi connectivity index (χ0v) is 7.26. The average Bonchev–Trinajstić information content (AvgIpc) is 2.03. The molecule has 0 bridgehead atoms. The van der Waals surface area contributed by atoms with Crippen LogP contribution in [-0.2, 0) is 0 Å². The van der Waals surface area contributed by atoms with Gasteiger partial charge in [0.15, 0.2) is 0 Å². The summed E-state index contributed by atoms with van der Waals surface area (Å²) in [4.78, 5) is 0. The first-order valence-electron chi connectivity index (χ1n) is 4.80. The zero-order valence-electron chi connectivity index (χ0n) is 7.26. The Labute approximate surface area is 69.3 Å². The Balaban J connectivity index is 2.18. The van der Waals surface area contributed by atoms with Crippen molar-refractivity contribution in [3.63, 3.8) is 0 Å². The second-order valence-electron chi connectivity index (χ2n) is 3.64. The van der Waals surface area contributed by atoms with Crippen LogP contribution in [0.25, 0.3) is 0 Å². The van der Waals surface area contributed by atoms with E-state index in [1.54, 1.807) is 0 Å². The molecule has 0 aliphatic heterocycles. The van der Waals surface area contributed by atoms with Gasteiger partial charge >= 0.3 is 0 Å². The summed E-state index contributed by atoms with van der Waals surface area (Å²) in [5, 5.41) is 0. The number of rotatable bonds is 3. The molecule has 1 aliphatic rings. The predicted molar refractivity (Wildman–Crippen MR) is 48.2 cm³/mol. The normalized spacial score (nSPS) is 32.2. The lowest BCUT2D eigenvalue weighted by atomic mass is 9.82. The summed E-state index contributed by atoms with van der Waals surface area (Å²) in [5.74, 6) is 0.771. The second kappa shape index (κ2) is 4.73. The summed E-state index contributed by atoms with van der Waals surface area (Å²) in [6.07, 6.45) is 7.68. The van der Waals surface area contributed by atoms with E-state index < -0.39 is 0 Å². The molecule has 4 N–H and O–H groups in total. The van der Waals surface area contributed by atoms with E-state index in [4.69, 9.17) is 11.5 Å². The van der Waals surface area contributed by atoms with Crippen molar-refractivity contribution in [2.75, 3.05) is 6.54 Å². The van der Waals surface area contributed by atoms with Crippen LogP contribution in [0.2, 0.25) is 0 Å². The molecule has 0 aromatic heterocycles. The van der Waals surface area contributed by atoms with Gasteiger partial charge in [0.25, 0.3) is 0 Å². The Morgan fingerprint density at radius 2 is 1.91 bits per heavy atom. The molecule has 0 aromatic rings. The molecule has 0 saturated heterocycles. The van der Waals surface area contributed by atoms with Crippen LogP contribution in [-0.4, -0.2) is 12.6 Å². The van der Waals surface area contributed by atoms with Crippen molar-refractivity contribution in [1.29, 1.82) is 0 Å². The monoisotopic (exact) mass is 156 g/mol. The van der Waals surface area contributed by atoms with Gasteiger partial charge in [-0.05, 0) is 38.1 Å². The molecule has 2 nitrogen and oxygen atoms in total. The number of nitrogens with two attached hydrogens (primary N) is 2. The minimum absolute atomic E-state index is 0.468. The Morgan fingerprint density at radius 3 is 2.55 bits per heavy atom. The maximum atomic E-state index is 5.98. The summed E-state index contributed by atoms with van der Waals surface area (Å²) in [5.41, 5.74) is 11.4. The summed E-state index contributed by atoms with van der Waals surface area (Å²) in [6, 6.07) is 0.468. The van der Waals surface area contributed by atoms with Gasteiger partial charge in [0.05, 0.1) is 0 Å². The molecule has 0 heterocycles. The summed E-state index contributed by atoms with van der Waals surface area (Å²) in [6.45, 7) is 0.823. The first kappa shape index (κ1) is 9.01. The molecular formula is C9H20N2. The van der Waals surface area contributed by atoms with E-state index in [2.05, 4.69) is 0 Å². The van der Waals surface area contributed by atoms with Crippen LogP contribution in [0.15, 0.2) is 0 Å². The fourth-order valence-corrected chi connectivity index (χ4v) is 1.97. The molecule has 0 unspecified atom stereocenters. The third-order valence-electron chi connectivity index (χ3n) is 2.75. The van der Waals surface area contributed by atoms with E-state index in [0.717, 1.165) is 18.9 Å². The molecule has 1 aliphatic carbocycles. The van der Waals surface area contributed by atoms with Gasteiger partial charge < -0.3 is 11.5 Å². The molecule has 1 rings (SSSR count). The minimum Gasteiger partial charge on any atom is -0.330 e. The fourth-order valence-electron chi connectivity index (χ4n) is 1.97. The van der Waals surface area contributed by atoms with Crippen molar-refractivity contribution >= 4 is 0 Å². The van der Waals surface area contributed by atoms with Crippen LogP contribution in [0, 0.1) is 5.92 Å². The minimum atomic E-state index is 0.468. The second-order valence-corrected chi connectivity index (χ2v) is 3.64. The van der Waals surface area contributed by atoms with Crippen LogP contribution in [0.1, 0.15) is 38.5 Å². The Morgan fingerprint density at radius 1 is 1.18 bits per heavy atom. The van der Waals surface area contributed by atoms with Crippen LogP contribution >= 0.6 is 0 Å². The zero-order chi connectivity index (χ0) is 8.10. The average molecular weight is 156 g/mol. The lowest BCUT2D eigenvalue weighted by Gasteiger charge is -2.28. The van der Waals surface area contributed by atoms with Gasteiger partial charge in [-0.15, -0.1) is 0 Å². The van der Waals surface area contributed by atoms with Crippen molar-refractivity contribution in [1.82, 2.24) is 0 Å². The summed E-state index contributed by atoms with van der Waals surface area (Å²) >= 11 is 0. The SMILES string of the molecule is NCCC[C@@H]1CCCC[C@H]1N. The van der Waals surface area contributed by atoms with E-state index in [1.165, 1.54) is 32.1 Å². The molecule has 1 saturated carbocycles. The van der Waals surface area contributed by atoms with Gasteiger partial charge in [0.2, 0.25) is 0 Å². The molecule has 66 valence electrons. The molecular weight excluding hydrogens is 136 g/mol. The van der Waals surface area contributed by atoms with Crippen molar-refractivity contribution in [2.24, 2.45) is 17.4 Å². The first-order valence-corrected chi connectivity index (χ1v) is 4.80. The molecule has 2 heteroatoms. The molecule has 0 aromatic carbocycles. The van der Waals surface area contributed by atoms with Crippen molar-refractivity contribution in [3.8, 4) is 0 Å². The maximum Gasteiger partial charge on any atom is 0.00671 e. The van der Waals surface area contributed by atoms with Gasteiger partial charge in [0.1, 0.15) is 0 Å².